The average molecular weight is 306 g/mol. The molecule has 1 aromatic rings. The van der Waals surface area contributed by atoms with Crippen LogP contribution in [-0.4, -0.2) is 38.5 Å². The molecule has 0 saturated carbocycles. The highest BCUT2D eigenvalue weighted by molar-refractivity contribution is 5.74. The first kappa shape index (κ1) is 16.8. The number of rotatable bonds is 4. The number of hydrogen-bond donors (Lipinski definition) is 2. The lowest BCUT2D eigenvalue weighted by Gasteiger charge is -2.31. The van der Waals surface area contributed by atoms with Crippen LogP contribution in [0.25, 0.3) is 0 Å². The summed E-state index contributed by atoms with van der Waals surface area (Å²) in [7, 11) is 1.67. The third-order valence-corrected chi connectivity index (χ3v) is 4.00. The van der Waals surface area contributed by atoms with Gasteiger partial charge >= 0.3 is 6.03 Å². The Kier molecular flexibility index (Phi) is 5.80. The molecule has 1 heterocycles. The van der Waals surface area contributed by atoms with Crippen LogP contribution < -0.4 is 10.6 Å². The van der Waals surface area contributed by atoms with Gasteiger partial charge in [0, 0.05) is 13.7 Å². The zero-order valence-electron chi connectivity index (χ0n) is 13.8. The fourth-order valence-corrected chi connectivity index (χ4v) is 2.88. The van der Waals surface area contributed by atoms with Gasteiger partial charge in [-0.1, -0.05) is 29.3 Å². The number of methoxy groups -OCH3 is 1. The lowest BCUT2D eigenvalue weighted by molar-refractivity contribution is -0.0335. The third kappa shape index (κ3) is 4.45. The molecule has 1 aliphatic heterocycles. The molecule has 0 radical (unpaired) electrons. The van der Waals surface area contributed by atoms with Gasteiger partial charge in [-0.3, -0.25) is 0 Å². The summed E-state index contributed by atoms with van der Waals surface area (Å²) in [6.45, 7) is 7.28. The molecule has 5 nitrogen and oxygen atoms in total. The molecule has 22 heavy (non-hydrogen) atoms. The summed E-state index contributed by atoms with van der Waals surface area (Å²) in [4.78, 5) is 12.2. The quantitative estimate of drug-likeness (QED) is 0.898. The number of carbonyl (C=O) groups excluding carboxylic acids is 1. The van der Waals surface area contributed by atoms with Crippen molar-refractivity contribution in [2.75, 3.05) is 20.3 Å². The van der Waals surface area contributed by atoms with Crippen molar-refractivity contribution in [1.82, 2.24) is 10.6 Å². The second-order valence-electron chi connectivity index (χ2n) is 6.00. The van der Waals surface area contributed by atoms with E-state index in [9.17, 15) is 4.79 Å². The second kappa shape index (κ2) is 7.61. The molecule has 1 unspecified atom stereocenters. The predicted molar refractivity (Wildman–Crippen MR) is 86.0 cm³/mol. The largest absolute Gasteiger partial charge is 0.379 e. The normalized spacial score (nSPS) is 22.9. The van der Waals surface area contributed by atoms with Crippen LogP contribution in [0.2, 0.25) is 0 Å². The molecular weight excluding hydrogens is 280 g/mol. The molecule has 0 bridgehead atoms. The zero-order chi connectivity index (χ0) is 16.1. The minimum absolute atomic E-state index is 0.0102. The molecule has 2 amide bonds. The fourth-order valence-electron chi connectivity index (χ4n) is 2.88. The number of hydrogen-bond acceptors (Lipinski definition) is 3. The molecule has 2 N–H and O–H groups in total. The summed E-state index contributed by atoms with van der Waals surface area (Å²) in [5, 5.41) is 5.93. The van der Waals surface area contributed by atoms with Crippen LogP contribution in [0.4, 0.5) is 4.79 Å². The van der Waals surface area contributed by atoms with E-state index >= 15 is 0 Å². The predicted octanol–water partition coefficient (Wildman–Crippen LogP) is 2.47. The Hall–Kier alpha value is -1.59. The van der Waals surface area contributed by atoms with Gasteiger partial charge in [0.05, 0.1) is 24.8 Å². The fraction of sp³-hybridized carbons (Fsp3) is 0.588. The van der Waals surface area contributed by atoms with Gasteiger partial charge in [-0.25, -0.2) is 4.79 Å². The molecule has 0 aliphatic carbocycles. The minimum Gasteiger partial charge on any atom is -0.379 e. The van der Waals surface area contributed by atoms with Gasteiger partial charge < -0.3 is 20.1 Å². The smallest absolute Gasteiger partial charge is 0.315 e. The van der Waals surface area contributed by atoms with Crippen molar-refractivity contribution in [3.05, 3.63) is 34.9 Å². The summed E-state index contributed by atoms with van der Waals surface area (Å²) >= 11 is 0. The maximum atomic E-state index is 12.2. The molecule has 0 spiro atoms. The minimum atomic E-state index is -0.191. The van der Waals surface area contributed by atoms with Crippen molar-refractivity contribution in [2.24, 2.45) is 0 Å². The van der Waals surface area contributed by atoms with E-state index in [0.717, 1.165) is 12.0 Å². The van der Waals surface area contributed by atoms with Gasteiger partial charge in [0.15, 0.2) is 0 Å². The monoisotopic (exact) mass is 306 g/mol. The summed E-state index contributed by atoms with van der Waals surface area (Å²) in [6.07, 6.45) is 0.810. The highest BCUT2D eigenvalue weighted by Gasteiger charge is 2.27. The van der Waals surface area contributed by atoms with Crippen LogP contribution in [0.3, 0.4) is 0 Å². The first-order valence-electron chi connectivity index (χ1n) is 7.75. The molecule has 5 heteroatoms. The Morgan fingerprint density at radius 3 is 2.64 bits per heavy atom. The van der Waals surface area contributed by atoms with Crippen molar-refractivity contribution in [2.45, 2.75) is 45.4 Å². The van der Waals surface area contributed by atoms with Crippen LogP contribution >= 0.6 is 0 Å². The SMILES string of the molecule is CO[C@@H]1CCOC[C@H]1NC(=O)NC(C)c1cc(C)cc(C)c1. The Bertz CT molecular complexity index is 498. The van der Waals surface area contributed by atoms with Gasteiger partial charge in [0.1, 0.15) is 0 Å². The Morgan fingerprint density at radius 1 is 1.32 bits per heavy atom. The molecule has 1 fully saturated rings. The van der Waals surface area contributed by atoms with Crippen molar-refractivity contribution >= 4 is 6.03 Å². The first-order chi connectivity index (χ1) is 10.5. The van der Waals surface area contributed by atoms with Crippen LogP contribution in [0.5, 0.6) is 0 Å². The van der Waals surface area contributed by atoms with Crippen molar-refractivity contribution in [3.63, 3.8) is 0 Å². The molecule has 122 valence electrons. The van der Waals surface area contributed by atoms with E-state index in [0.29, 0.717) is 13.2 Å². The third-order valence-electron chi connectivity index (χ3n) is 4.00. The van der Waals surface area contributed by atoms with E-state index in [2.05, 4.69) is 42.7 Å². The van der Waals surface area contributed by atoms with Crippen molar-refractivity contribution in [3.8, 4) is 0 Å². The molecule has 2 rings (SSSR count). The Labute approximate surface area is 132 Å². The van der Waals surface area contributed by atoms with Gasteiger partial charge in [0.25, 0.3) is 0 Å². The molecule has 0 aromatic heterocycles. The van der Waals surface area contributed by atoms with E-state index in [1.54, 1.807) is 7.11 Å². The van der Waals surface area contributed by atoms with Gasteiger partial charge in [-0.15, -0.1) is 0 Å². The van der Waals surface area contributed by atoms with E-state index in [1.165, 1.54) is 11.1 Å². The summed E-state index contributed by atoms with van der Waals surface area (Å²) < 4.78 is 10.8. The van der Waals surface area contributed by atoms with Gasteiger partial charge in [-0.05, 0) is 32.8 Å². The van der Waals surface area contributed by atoms with E-state index < -0.39 is 0 Å². The van der Waals surface area contributed by atoms with Gasteiger partial charge in [0.2, 0.25) is 0 Å². The van der Waals surface area contributed by atoms with Gasteiger partial charge in [-0.2, -0.15) is 0 Å². The summed E-state index contributed by atoms with van der Waals surface area (Å²) in [5.41, 5.74) is 3.50. The van der Waals surface area contributed by atoms with Crippen LogP contribution in [0.15, 0.2) is 18.2 Å². The van der Waals surface area contributed by atoms with Crippen molar-refractivity contribution in [1.29, 1.82) is 0 Å². The maximum absolute atomic E-state index is 12.2. The molecule has 3 atom stereocenters. The molecule has 1 aliphatic rings. The number of benzene rings is 1. The number of urea groups is 1. The number of ether oxygens (including phenoxy) is 2. The number of aryl methyl sites for hydroxylation is 2. The lowest BCUT2D eigenvalue weighted by Crippen LogP contribution is -2.53. The number of amides is 2. The first-order valence-corrected chi connectivity index (χ1v) is 7.75. The van der Waals surface area contributed by atoms with Crippen LogP contribution in [0.1, 0.15) is 36.1 Å². The lowest BCUT2D eigenvalue weighted by atomic mass is 10.0. The summed E-state index contributed by atoms with van der Waals surface area (Å²) in [5.74, 6) is 0. The molecule has 1 aromatic carbocycles. The average Bonchev–Trinajstić information content (AvgIpc) is 2.46. The van der Waals surface area contributed by atoms with E-state index in [4.69, 9.17) is 9.47 Å². The maximum Gasteiger partial charge on any atom is 0.315 e. The number of nitrogens with one attached hydrogen (secondary N) is 2. The highest BCUT2D eigenvalue weighted by atomic mass is 16.5. The van der Waals surface area contributed by atoms with E-state index in [-0.39, 0.29) is 24.2 Å². The van der Waals surface area contributed by atoms with Crippen LogP contribution in [0, 0.1) is 13.8 Å². The zero-order valence-corrected chi connectivity index (χ0v) is 13.8. The summed E-state index contributed by atoms with van der Waals surface area (Å²) in [6, 6.07) is 5.97. The van der Waals surface area contributed by atoms with E-state index in [1.807, 2.05) is 6.92 Å². The van der Waals surface area contributed by atoms with Crippen molar-refractivity contribution < 1.29 is 14.3 Å². The second-order valence-corrected chi connectivity index (χ2v) is 6.00. The number of carbonyl (C=O) groups is 1. The Balaban J connectivity index is 1.93. The topological polar surface area (TPSA) is 59.6 Å². The molecular formula is C17H26N2O3. The Morgan fingerprint density at radius 2 is 2.00 bits per heavy atom. The highest BCUT2D eigenvalue weighted by Crippen LogP contribution is 2.17. The van der Waals surface area contributed by atoms with Crippen LogP contribution in [-0.2, 0) is 9.47 Å². The standard InChI is InChI=1S/C17H26N2O3/c1-11-7-12(2)9-14(8-11)13(3)18-17(20)19-15-10-22-6-5-16(15)21-4/h7-9,13,15-16H,5-6,10H2,1-4H3,(H2,18,19,20)/t13?,15-,16-/m1/s1. The molecule has 1 saturated heterocycles.